The summed E-state index contributed by atoms with van der Waals surface area (Å²) in [4.78, 5) is 12.6. The van der Waals surface area contributed by atoms with Gasteiger partial charge in [0.2, 0.25) is 0 Å². The third-order valence-corrected chi connectivity index (χ3v) is 4.65. The molecule has 0 saturated heterocycles. The van der Waals surface area contributed by atoms with Gasteiger partial charge in [-0.05, 0) is 50.5 Å². The first kappa shape index (κ1) is 18.8. The number of carbonyl (C=O) groups is 1. The molecule has 0 bridgehead atoms. The summed E-state index contributed by atoms with van der Waals surface area (Å²) in [6.45, 7) is 6.89. The lowest BCUT2D eigenvalue weighted by molar-refractivity contribution is 0.0953. The molecule has 3 rings (SSSR count). The Bertz CT molecular complexity index is 945. The predicted octanol–water partition coefficient (Wildman–Crippen LogP) is 3.97. The first-order chi connectivity index (χ1) is 12.9. The highest BCUT2D eigenvalue weighted by atomic mass is 19.1. The van der Waals surface area contributed by atoms with Gasteiger partial charge in [-0.2, -0.15) is 5.10 Å². The Morgan fingerprint density at radius 2 is 1.81 bits per heavy atom. The molecular weight excluding hydrogens is 341 g/mol. The van der Waals surface area contributed by atoms with Gasteiger partial charge in [0.25, 0.3) is 5.91 Å². The number of rotatable bonds is 6. The van der Waals surface area contributed by atoms with Gasteiger partial charge >= 0.3 is 0 Å². The van der Waals surface area contributed by atoms with Crippen molar-refractivity contribution in [3.05, 3.63) is 88.0 Å². The molecule has 1 N–H and O–H groups in total. The van der Waals surface area contributed by atoms with E-state index in [1.165, 1.54) is 17.7 Å². The molecule has 0 saturated carbocycles. The summed E-state index contributed by atoms with van der Waals surface area (Å²) in [7, 11) is 0. The van der Waals surface area contributed by atoms with Crippen LogP contribution < -0.4 is 5.32 Å². The van der Waals surface area contributed by atoms with Crippen LogP contribution >= 0.6 is 0 Å². The van der Waals surface area contributed by atoms with Crippen molar-refractivity contribution in [2.75, 3.05) is 6.54 Å². The predicted molar refractivity (Wildman–Crippen MR) is 104 cm³/mol. The molecule has 0 radical (unpaired) electrons. The number of halogens is 1. The summed E-state index contributed by atoms with van der Waals surface area (Å²) < 4.78 is 15.1. The SMILES string of the molecule is Cc1ccc(Cn2nc(C)c(C(=O)NCCc3cccc(F)c3)c2C)cc1. The quantitative estimate of drug-likeness (QED) is 0.718. The van der Waals surface area contributed by atoms with Crippen molar-refractivity contribution in [2.24, 2.45) is 0 Å². The third-order valence-electron chi connectivity index (χ3n) is 4.65. The van der Waals surface area contributed by atoms with Crippen LogP contribution in [0.1, 0.15) is 38.4 Å². The molecule has 5 heteroatoms. The van der Waals surface area contributed by atoms with Crippen LogP contribution in [-0.4, -0.2) is 22.2 Å². The van der Waals surface area contributed by atoms with Crippen LogP contribution in [0.25, 0.3) is 0 Å². The second-order valence-corrected chi connectivity index (χ2v) is 6.82. The number of hydrogen-bond donors (Lipinski definition) is 1. The molecule has 0 fully saturated rings. The van der Waals surface area contributed by atoms with Crippen molar-refractivity contribution in [2.45, 2.75) is 33.7 Å². The van der Waals surface area contributed by atoms with E-state index in [9.17, 15) is 9.18 Å². The van der Waals surface area contributed by atoms with Gasteiger partial charge in [-0.3, -0.25) is 9.48 Å². The Hall–Kier alpha value is -2.95. The molecule has 27 heavy (non-hydrogen) atoms. The molecule has 1 aromatic heterocycles. The fraction of sp³-hybridized carbons (Fsp3) is 0.273. The molecule has 0 spiro atoms. The number of aryl methyl sites for hydroxylation is 2. The molecule has 2 aromatic carbocycles. The van der Waals surface area contributed by atoms with E-state index < -0.39 is 0 Å². The van der Waals surface area contributed by atoms with Crippen LogP contribution in [0.15, 0.2) is 48.5 Å². The van der Waals surface area contributed by atoms with Gasteiger partial charge in [-0.15, -0.1) is 0 Å². The maximum atomic E-state index is 13.2. The average molecular weight is 365 g/mol. The number of aromatic nitrogens is 2. The van der Waals surface area contributed by atoms with Crippen LogP contribution in [-0.2, 0) is 13.0 Å². The minimum Gasteiger partial charge on any atom is -0.352 e. The Labute approximate surface area is 159 Å². The average Bonchev–Trinajstić information content (AvgIpc) is 2.90. The minimum atomic E-state index is -0.261. The van der Waals surface area contributed by atoms with Gasteiger partial charge < -0.3 is 5.32 Å². The van der Waals surface area contributed by atoms with Crippen molar-refractivity contribution in [1.82, 2.24) is 15.1 Å². The lowest BCUT2D eigenvalue weighted by atomic mass is 10.1. The van der Waals surface area contributed by atoms with Crippen LogP contribution in [0.4, 0.5) is 4.39 Å². The Morgan fingerprint density at radius 3 is 2.52 bits per heavy atom. The zero-order valence-corrected chi connectivity index (χ0v) is 15.9. The molecule has 0 aliphatic rings. The molecule has 0 aliphatic heterocycles. The van der Waals surface area contributed by atoms with E-state index in [0.717, 1.165) is 16.8 Å². The van der Waals surface area contributed by atoms with Gasteiger partial charge in [-0.25, -0.2) is 4.39 Å². The van der Waals surface area contributed by atoms with Crippen LogP contribution in [0.5, 0.6) is 0 Å². The summed E-state index contributed by atoms with van der Waals surface area (Å²) in [5.74, 6) is -0.403. The Kier molecular flexibility index (Phi) is 5.69. The van der Waals surface area contributed by atoms with E-state index in [-0.39, 0.29) is 11.7 Å². The number of benzene rings is 2. The summed E-state index contributed by atoms with van der Waals surface area (Å²) in [5.41, 5.74) is 5.38. The number of nitrogens with zero attached hydrogens (tertiary/aromatic N) is 2. The molecule has 4 nitrogen and oxygen atoms in total. The minimum absolute atomic E-state index is 0.142. The van der Waals surface area contributed by atoms with E-state index in [0.29, 0.717) is 30.8 Å². The smallest absolute Gasteiger partial charge is 0.255 e. The molecule has 0 unspecified atom stereocenters. The fourth-order valence-corrected chi connectivity index (χ4v) is 3.15. The lowest BCUT2D eigenvalue weighted by Crippen LogP contribution is -2.26. The highest BCUT2D eigenvalue weighted by Crippen LogP contribution is 2.15. The summed E-state index contributed by atoms with van der Waals surface area (Å²) in [5, 5.41) is 7.45. The van der Waals surface area contributed by atoms with Gasteiger partial charge in [0.15, 0.2) is 0 Å². The standard InChI is InChI=1S/C22H24FN3O/c1-15-7-9-19(10-8-15)14-26-17(3)21(16(2)25-26)22(27)24-12-11-18-5-4-6-20(23)13-18/h4-10,13H,11-12,14H2,1-3H3,(H,24,27). The van der Waals surface area contributed by atoms with E-state index in [1.54, 1.807) is 6.07 Å². The molecule has 1 amide bonds. The second-order valence-electron chi connectivity index (χ2n) is 6.82. The van der Waals surface area contributed by atoms with Crippen LogP contribution in [0.2, 0.25) is 0 Å². The van der Waals surface area contributed by atoms with Gasteiger partial charge in [0.1, 0.15) is 5.82 Å². The second kappa shape index (κ2) is 8.16. The van der Waals surface area contributed by atoms with Gasteiger partial charge in [-0.1, -0.05) is 42.0 Å². The Morgan fingerprint density at radius 1 is 1.07 bits per heavy atom. The maximum Gasteiger partial charge on any atom is 0.255 e. The van der Waals surface area contributed by atoms with Gasteiger partial charge in [0, 0.05) is 12.2 Å². The van der Waals surface area contributed by atoms with Crippen LogP contribution in [0.3, 0.4) is 0 Å². The summed E-state index contributed by atoms with van der Waals surface area (Å²) in [6, 6.07) is 14.7. The zero-order valence-electron chi connectivity index (χ0n) is 15.9. The van der Waals surface area contributed by atoms with E-state index >= 15 is 0 Å². The number of hydrogen-bond acceptors (Lipinski definition) is 2. The van der Waals surface area contributed by atoms with E-state index in [2.05, 4.69) is 41.6 Å². The topological polar surface area (TPSA) is 46.9 Å². The highest BCUT2D eigenvalue weighted by molar-refractivity contribution is 5.96. The number of nitrogens with one attached hydrogen (secondary N) is 1. The third kappa shape index (κ3) is 4.61. The fourth-order valence-electron chi connectivity index (χ4n) is 3.15. The van der Waals surface area contributed by atoms with Crippen molar-refractivity contribution in [3.63, 3.8) is 0 Å². The maximum absolute atomic E-state index is 13.2. The molecule has 0 aliphatic carbocycles. The molecule has 140 valence electrons. The molecule has 0 atom stereocenters. The normalized spacial score (nSPS) is 10.8. The first-order valence-corrected chi connectivity index (χ1v) is 9.06. The van der Waals surface area contributed by atoms with Crippen molar-refractivity contribution in [3.8, 4) is 0 Å². The summed E-state index contributed by atoms with van der Waals surface area (Å²) >= 11 is 0. The first-order valence-electron chi connectivity index (χ1n) is 9.06. The monoisotopic (exact) mass is 365 g/mol. The van der Waals surface area contributed by atoms with Crippen molar-refractivity contribution in [1.29, 1.82) is 0 Å². The number of amides is 1. The Balaban J connectivity index is 1.66. The van der Waals surface area contributed by atoms with Gasteiger partial charge in [0.05, 0.1) is 17.8 Å². The number of carbonyl (C=O) groups excluding carboxylic acids is 1. The van der Waals surface area contributed by atoms with Crippen molar-refractivity contribution < 1.29 is 9.18 Å². The lowest BCUT2D eigenvalue weighted by Gasteiger charge is -2.08. The molecule has 1 heterocycles. The van der Waals surface area contributed by atoms with Crippen LogP contribution in [0, 0.1) is 26.6 Å². The zero-order chi connectivity index (χ0) is 19.4. The largest absolute Gasteiger partial charge is 0.352 e. The molecule has 3 aromatic rings. The van der Waals surface area contributed by atoms with E-state index in [1.807, 2.05) is 24.6 Å². The molecular formula is C22H24FN3O. The van der Waals surface area contributed by atoms with Crippen molar-refractivity contribution >= 4 is 5.91 Å². The highest BCUT2D eigenvalue weighted by Gasteiger charge is 2.18. The van der Waals surface area contributed by atoms with E-state index in [4.69, 9.17) is 0 Å². The summed E-state index contributed by atoms with van der Waals surface area (Å²) in [6.07, 6.45) is 0.582.